The van der Waals surface area contributed by atoms with Crippen LogP contribution in [0.2, 0.25) is 0 Å². The third-order valence-electron chi connectivity index (χ3n) is 2.89. The van der Waals surface area contributed by atoms with E-state index in [2.05, 4.69) is 10.1 Å². The van der Waals surface area contributed by atoms with Crippen LogP contribution in [0.15, 0.2) is 0 Å². The fraction of sp³-hybridized carbons (Fsp3) is 0.818. The van der Waals surface area contributed by atoms with E-state index in [0.29, 0.717) is 6.42 Å². The van der Waals surface area contributed by atoms with Crippen molar-refractivity contribution in [2.24, 2.45) is 11.1 Å². The third-order valence-corrected chi connectivity index (χ3v) is 4.17. The van der Waals surface area contributed by atoms with Crippen LogP contribution in [-0.2, 0) is 24.3 Å². The summed E-state index contributed by atoms with van der Waals surface area (Å²) in [5.74, 6) is -1.07. The van der Waals surface area contributed by atoms with Crippen molar-refractivity contribution in [3.8, 4) is 0 Å². The molecule has 1 amide bonds. The maximum atomic E-state index is 11.4. The van der Waals surface area contributed by atoms with Crippen LogP contribution in [0.5, 0.6) is 0 Å². The number of ether oxygens (including phenoxy) is 1. The fourth-order valence-electron chi connectivity index (χ4n) is 1.44. The van der Waals surface area contributed by atoms with Gasteiger partial charge in [-0.3, -0.25) is 9.59 Å². The first-order chi connectivity index (χ1) is 8.70. The number of methoxy groups -OCH3 is 1. The zero-order chi connectivity index (χ0) is 15.1. The standard InChI is InChI=1S/C11H22N2O5S/c1-4-8(2)5-9(19(12,16)17)7-13-10(14)6-11(15)18-3/h8-9H,4-7H2,1-3H3,(H,13,14)(H2,12,16,17)/t8-,9-/m1/s1. The molecule has 0 bridgehead atoms. The summed E-state index contributed by atoms with van der Waals surface area (Å²) >= 11 is 0. The van der Waals surface area contributed by atoms with Gasteiger partial charge in [0, 0.05) is 6.54 Å². The summed E-state index contributed by atoms with van der Waals surface area (Å²) in [5.41, 5.74) is 0. The van der Waals surface area contributed by atoms with Gasteiger partial charge in [0.25, 0.3) is 0 Å². The summed E-state index contributed by atoms with van der Waals surface area (Å²) in [7, 11) is -2.56. The number of sulfonamides is 1. The number of amides is 1. The Morgan fingerprint density at radius 2 is 1.95 bits per heavy atom. The van der Waals surface area contributed by atoms with Crippen LogP contribution in [0.1, 0.15) is 33.1 Å². The number of carbonyl (C=O) groups is 2. The van der Waals surface area contributed by atoms with Crippen molar-refractivity contribution in [3.05, 3.63) is 0 Å². The van der Waals surface area contributed by atoms with Crippen molar-refractivity contribution in [2.45, 2.75) is 38.4 Å². The maximum absolute atomic E-state index is 11.4. The van der Waals surface area contributed by atoms with Crippen LogP contribution in [0.4, 0.5) is 0 Å². The predicted molar refractivity (Wildman–Crippen MR) is 70.6 cm³/mol. The number of esters is 1. The molecule has 0 unspecified atom stereocenters. The van der Waals surface area contributed by atoms with Gasteiger partial charge in [-0.2, -0.15) is 0 Å². The SMILES string of the molecule is CC[C@@H](C)C[C@H](CNC(=O)CC(=O)OC)S(N)(=O)=O. The van der Waals surface area contributed by atoms with Gasteiger partial charge in [-0.15, -0.1) is 0 Å². The lowest BCUT2D eigenvalue weighted by molar-refractivity contribution is -0.143. The van der Waals surface area contributed by atoms with Gasteiger partial charge in [0.1, 0.15) is 6.42 Å². The highest BCUT2D eigenvalue weighted by Gasteiger charge is 2.24. The van der Waals surface area contributed by atoms with Crippen LogP contribution >= 0.6 is 0 Å². The van der Waals surface area contributed by atoms with Crippen LogP contribution < -0.4 is 10.5 Å². The van der Waals surface area contributed by atoms with E-state index in [1.807, 2.05) is 13.8 Å². The van der Waals surface area contributed by atoms with Gasteiger partial charge in [0.2, 0.25) is 15.9 Å². The molecule has 0 saturated heterocycles. The second kappa shape index (κ2) is 8.11. The zero-order valence-corrected chi connectivity index (χ0v) is 12.3. The molecule has 112 valence electrons. The van der Waals surface area contributed by atoms with E-state index >= 15 is 0 Å². The third kappa shape index (κ3) is 7.78. The molecule has 0 aromatic heterocycles. The van der Waals surface area contributed by atoms with Crippen LogP contribution in [-0.4, -0.2) is 39.2 Å². The molecular formula is C11H22N2O5S. The Hall–Kier alpha value is -1.15. The minimum atomic E-state index is -3.73. The van der Waals surface area contributed by atoms with Crippen molar-refractivity contribution in [1.29, 1.82) is 0 Å². The second-order valence-corrected chi connectivity index (χ2v) is 6.36. The van der Waals surface area contributed by atoms with Gasteiger partial charge >= 0.3 is 5.97 Å². The van der Waals surface area contributed by atoms with Gasteiger partial charge < -0.3 is 10.1 Å². The quantitative estimate of drug-likeness (QED) is 0.473. The molecule has 3 N–H and O–H groups in total. The lowest BCUT2D eigenvalue weighted by Gasteiger charge is -2.18. The summed E-state index contributed by atoms with van der Waals surface area (Å²) < 4.78 is 27.2. The Balaban J connectivity index is 4.43. The molecule has 0 spiro atoms. The number of carbonyl (C=O) groups excluding carboxylic acids is 2. The lowest BCUT2D eigenvalue weighted by Crippen LogP contribution is -2.41. The molecule has 0 aliphatic heterocycles. The minimum Gasteiger partial charge on any atom is -0.469 e. The Morgan fingerprint density at radius 1 is 1.37 bits per heavy atom. The number of primary sulfonamides is 1. The second-order valence-electron chi connectivity index (χ2n) is 4.52. The molecular weight excluding hydrogens is 272 g/mol. The first-order valence-corrected chi connectivity index (χ1v) is 7.66. The molecule has 0 aromatic carbocycles. The average Bonchev–Trinajstić information content (AvgIpc) is 2.32. The van der Waals surface area contributed by atoms with E-state index in [9.17, 15) is 18.0 Å². The number of nitrogens with two attached hydrogens (primary N) is 1. The van der Waals surface area contributed by atoms with Gasteiger partial charge in [-0.1, -0.05) is 20.3 Å². The van der Waals surface area contributed by atoms with E-state index < -0.39 is 33.6 Å². The van der Waals surface area contributed by atoms with Crippen LogP contribution in [0.3, 0.4) is 0 Å². The van der Waals surface area contributed by atoms with Crippen molar-refractivity contribution in [1.82, 2.24) is 5.32 Å². The molecule has 0 fully saturated rings. The summed E-state index contributed by atoms with van der Waals surface area (Å²) in [4.78, 5) is 22.2. The van der Waals surface area contributed by atoms with E-state index in [1.165, 1.54) is 7.11 Å². The molecule has 7 nitrogen and oxygen atoms in total. The topological polar surface area (TPSA) is 116 Å². The molecule has 8 heteroatoms. The largest absolute Gasteiger partial charge is 0.469 e. The number of rotatable bonds is 8. The smallest absolute Gasteiger partial charge is 0.315 e. The van der Waals surface area contributed by atoms with Crippen molar-refractivity contribution < 1.29 is 22.7 Å². The van der Waals surface area contributed by atoms with Crippen molar-refractivity contribution >= 4 is 21.9 Å². The lowest BCUT2D eigenvalue weighted by atomic mass is 10.0. The molecule has 2 atom stereocenters. The average molecular weight is 294 g/mol. The molecule has 0 radical (unpaired) electrons. The summed E-state index contributed by atoms with van der Waals surface area (Å²) in [6.45, 7) is 3.76. The monoisotopic (exact) mass is 294 g/mol. The molecule has 0 aromatic rings. The van der Waals surface area contributed by atoms with Crippen LogP contribution in [0.25, 0.3) is 0 Å². The summed E-state index contributed by atoms with van der Waals surface area (Å²) in [6, 6.07) is 0. The summed E-state index contributed by atoms with van der Waals surface area (Å²) in [6.07, 6.45) is 0.757. The molecule has 0 aliphatic carbocycles. The zero-order valence-electron chi connectivity index (χ0n) is 11.5. The fourth-order valence-corrected chi connectivity index (χ4v) is 2.35. The van der Waals surface area contributed by atoms with Gasteiger partial charge in [0.15, 0.2) is 0 Å². The maximum Gasteiger partial charge on any atom is 0.315 e. The first-order valence-electron chi connectivity index (χ1n) is 6.05. The van der Waals surface area contributed by atoms with Gasteiger partial charge in [-0.25, -0.2) is 13.6 Å². The Bertz CT molecular complexity index is 407. The molecule has 0 heterocycles. The van der Waals surface area contributed by atoms with Crippen molar-refractivity contribution in [3.63, 3.8) is 0 Å². The first kappa shape index (κ1) is 17.8. The van der Waals surface area contributed by atoms with Crippen LogP contribution in [0, 0.1) is 5.92 Å². The highest BCUT2D eigenvalue weighted by atomic mass is 32.2. The molecule has 19 heavy (non-hydrogen) atoms. The Kier molecular flexibility index (Phi) is 7.62. The predicted octanol–water partition coefficient (Wildman–Crippen LogP) is -0.241. The van der Waals surface area contributed by atoms with E-state index in [0.717, 1.165) is 6.42 Å². The van der Waals surface area contributed by atoms with Crippen molar-refractivity contribution in [2.75, 3.05) is 13.7 Å². The van der Waals surface area contributed by atoms with Gasteiger partial charge in [-0.05, 0) is 12.3 Å². The number of nitrogens with one attached hydrogen (secondary N) is 1. The summed E-state index contributed by atoms with van der Waals surface area (Å²) in [5, 5.41) is 6.67. The van der Waals surface area contributed by atoms with E-state index in [1.54, 1.807) is 0 Å². The van der Waals surface area contributed by atoms with Gasteiger partial charge in [0.05, 0.1) is 12.4 Å². The Morgan fingerprint density at radius 3 is 2.37 bits per heavy atom. The number of hydrogen-bond donors (Lipinski definition) is 2. The van der Waals surface area contributed by atoms with E-state index in [4.69, 9.17) is 5.14 Å². The minimum absolute atomic E-state index is 0.0982. The molecule has 0 rings (SSSR count). The molecule has 0 saturated carbocycles. The number of hydrogen-bond acceptors (Lipinski definition) is 5. The highest BCUT2D eigenvalue weighted by Crippen LogP contribution is 2.13. The normalized spacial score (nSPS) is 14.5. The van der Waals surface area contributed by atoms with E-state index in [-0.39, 0.29) is 12.5 Å². The molecule has 0 aliphatic rings. The Labute approximate surface area is 113 Å². The highest BCUT2D eigenvalue weighted by molar-refractivity contribution is 7.89.